The van der Waals surface area contributed by atoms with Crippen molar-refractivity contribution in [2.45, 2.75) is 6.54 Å². The molecule has 0 aliphatic carbocycles. The fourth-order valence-corrected chi connectivity index (χ4v) is 2.45. The van der Waals surface area contributed by atoms with E-state index in [2.05, 4.69) is 5.32 Å². The maximum atomic E-state index is 12.1. The van der Waals surface area contributed by atoms with Crippen LogP contribution in [0.4, 0.5) is 0 Å². The zero-order valence-corrected chi connectivity index (χ0v) is 14.4. The van der Waals surface area contributed by atoms with Crippen LogP contribution in [-0.2, 0) is 20.9 Å². The second-order valence-electron chi connectivity index (χ2n) is 5.70. The highest BCUT2D eigenvalue weighted by atomic mass is 16.5. The fraction of sp³-hybridized carbons (Fsp3) is 0.200. The Labute approximate surface area is 151 Å². The molecule has 0 unspecified atom stereocenters. The van der Waals surface area contributed by atoms with Crippen molar-refractivity contribution in [1.82, 2.24) is 5.32 Å². The van der Waals surface area contributed by atoms with Crippen LogP contribution in [-0.4, -0.2) is 32.2 Å². The molecular weight excluding hydrogens is 334 g/mol. The van der Waals surface area contributed by atoms with Gasteiger partial charge in [-0.25, -0.2) is 4.79 Å². The van der Waals surface area contributed by atoms with Crippen LogP contribution in [0.25, 0.3) is 6.08 Å². The number of para-hydroxylation sites is 1. The first-order valence-electron chi connectivity index (χ1n) is 8.15. The Bertz CT molecular complexity index is 826. The number of carbonyl (C=O) groups excluding carboxylic acids is 2. The minimum atomic E-state index is -0.556. The maximum absolute atomic E-state index is 12.1. The topological polar surface area (TPSA) is 73.9 Å². The summed E-state index contributed by atoms with van der Waals surface area (Å²) in [6.45, 7) is 0.136. The van der Waals surface area contributed by atoms with Crippen molar-refractivity contribution in [3.63, 3.8) is 0 Å². The lowest BCUT2D eigenvalue weighted by Crippen LogP contribution is -2.29. The third-order valence-electron chi connectivity index (χ3n) is 3.88. The Balaban J connectivity index is 1.47. The van der Waals surface area contributed by atoms with Crippen LogP contribution in [0.1, 0.15) is 11.1 Å². The number of methoxy groups -OCH3 is 1. The number of hydrogen-bond donors (Lipinski definition) is 1. The first kappa shape index (κ1) is 17.5. The molecule has 6 nitrogen and oxygen atoms in total. The molecule has 0 atom stereocenters. The largest absolute Gasteiger partial charge is 0.497 e. The highest BCUT2D eigenvalue weighted by molar-refractivity contribution is 5.96. The zero-order chi connectivity index (χ0) is 18.4. The van der Waals surface area contributed by atoms with Gasteiger partial charge in [0.1, 0.15) is 18.1 Å². The molecule has 1 amide bonds. The lowest BCUT2D eigenvalue weighted by molar-refractivity contribution is -0.145. The van der Waals surface area contributed by atoms with E-state index in [0.717, 1.165) is 22.6 Å². The average Bonchev–Trinajstić information content (AvgIpc) is 2.70. The van der Waals surface area contributed by atoms with Gasteiger partial charge in [0, 0.05) is 12.1 Å². The number of amides is 1. The van der Waals surface area contributed by atoms with Gasteiger partial charge in [0.25, 0.3) is 5.91 Å². The molecule has 0 radical (unpaired) electrons. The summed E-state index contributed by atoms with van der Waals surface area (Å²) in [5.74, 6) is 0.547. The lowest BCUT2D eigenvalue weighted by Gasteiger charge is -2.16. The molecule has 134 valence electrons. The van der Waals surface area contributed by atoms with Gasteiger partial charge in [0.15, 0.2) is 6.61 Å². The number of benzene rings is 2. The second-order valence-corrected chi connectivity index (χ2v) is 5.70. The molecule has 0 spiro atoms. The molecule has 1 aliphatic heterocycles. The van der Waals surface area contributed by atoms with Crippen LogP contribution in [0.15, 0.2) is 54.1 Å². The van der Waals surface area contributed by atoms with E-state index in [9.17, 15) is 9.59 Å². The predicted octanol–water partition coefficient (Wildman–Crippen LogP) is 2.33. The summed E-state index contributed by atoms with van der Waals surface area (Å²) in [5, 5.41) is 2.70. The molecule has 0 bridgehead atoms. The number of ether oxygens (including phenoxy) is 3. The van der Waals surface area contributed by atoms with E-state index in [0.29, 0.717) is 12.1 Å². The van der Waals surface area contributed by atoms with Crippen LogP contribution in [0.5, 0.6) is 11.5 Å². The van der Waals surface area contributed by atoms with Gasteiger partial charge in [0.05, 0.1) is 12.7 Å². The van der Waals surface area contributed by atoms with Crippen molar-refractivity contribution in [2.24, 2.45) is 0 Å². The van der Waals surface area contributed by atoms with Gasteiger partial charge in [-0.3, -0.25) is 4.79 Å². The summed E-state index contributed by atoms with van der Waals surface area (Å²) in [5.41, 5.74) is 2.12. The maximum Gasteiger partial charge on any atom is 0.338 e. The fourth-order valence-electron chi connectivity index (χ4n) is 2.45. The standard InChI is InChI=1S/C20H19NO5/c1-24-17-8-6-14(7-9-17)11-21-19(22)13-26-20(23)16-10-15-4-2-3-5-18(15)25-12-16/h2-10H,11-13H2,1H3,(H,21,22). The minimum absolute atomic E-state index is 0.128. The summed E-state index contributed by atoms with van der Waals surface area (Å²) in [6.07, 6.45) is 1.72. The highest BCUT2D eigenvalue weighted by Crippen LogP contribution is 2.26. The van der Waals surface area contributed by atoms with E-state index in [1.807, 2.05) is 48.5 Å². The van der Waals surface area contributed by atoms with Gasteiger partial charge in [-0.05, 0) is 29.8 Å². The molecule has 1 heterocycles. The van der Waals surface area contributed by atoms with Crippen molar-refractivity contribution in [1.29, 1.82) is 0 Å². The van der Waals surface area contributed by atoms with Crippen molar-refractivity contribution in [2.75, 3.05) is 20.3 Å². The van der Waals surface area contributed by atoms with Crippen LogP contribution in [0, 0.1) is 0 Å². The van der Waals surface area contributed by atoms with Gasteiger partial charge in [-0.15, -0.1) is 0 Å². The summed E-state index contributed by atoms with van der Waals surface area (Å²) in [6, 6.07) is 14.7. The van der Waals surface area contributed by atoms with E-state index in [-0.39, 0.29) is 19.1 Å². The summed E-state index contributed by atoms with van der Waals surface area (Å²) < 4.78 is 15.7. The molecule has 0 saturated heterocycles. The van der Waals surface area contributed by atoms with Crippen molar-refractivity contribution >= 4 is 18.0 Å². The van der Waals surface area contributed by atoms with E-state index in [1.54, 1.807) is 13.2 Å². The van der Waals surface area contributed by atoms with Crippen LogP contribution in [0.3, 0.4) is 0 Å². The Morgan fingerprint density at radius 3 is 2.65 bits per heavy atom. The van der Waals surface area contributed by atoms with E-state index in [4.69, 9.17) is 14.2 Å². The summed E-state index contributed by atoms with van der Waals surface area (Å²) >= 11 is 0. The molecule has 1 N–H and O–H groups in total. The van der Waals surface area contributed by atoms with Gasteiger partial charge in [0.2, 0.25) is 0 Å². The molecule has 0 fully saturated rings. The van der Waals surface area contributed by atoms with Crippen molar-refractivity contribution in [3.8, 4) is 11.5 Å². The Hall–Kier alpha value is -3.28. The molecule has 0 saturated carbocycles. The van der Waals surface area contributed by atoms with E-state index >= 15 is 0 Å². The minimum Gasteiger partial charge on any atom is -0.497 e. The molecule has 2 aromatic carbocycles. The number of esters is 1. The molecule has 1 aliphatic rings. The third kappa shape index (κ3) is 4.42. The number of nitrogens with one attached hydrogen (secondary N) is 1. The smallest absolute Gasteiger partial charge is 0.338 e. The van der Waals surface area contributed by atoms with Crippen LogP contribution >= 0.6 is 0 Å². The first-order chi connectivity index (χ1) is 12.7. The molecule has 3 rings (SSSR count). The van der Waals surface area contributed by atoms with Gasteiger partial charge >= 0.3 is 5.97 Å². The zero-order valence-electron chi connectivity index (χ0n) is 14.4. The summed E-state index contributed by atoms with van der Waals surface area (Å²) in [4.78, 5) is 24.0. The first-order valence-corrected chi connectivity index (χ1v) is 8.15. The van der Waals surface area contributed by atoms with Crippen LogP contribution in [0.2, 0.25) is 0 Å². The van der Waals surface area contributed by atoms with Gasteiger partial charge in [-0.2, -0.15) is 0 Å². The van der Waals surface area contributed by atoms with Crippen LogP contribution < -0.4 is 14.8 Å². The molecular formula is C20H19NO5. The number of rotatable bonds is 6. The molecule has 0 aromatic heterocycles. The highest BCUT2D eigenvalue weighted by Gasteiger charge is 2.19. The number of hydrogen-bond acceptors (Lipinski definition) is 5. The summed E-state index contributed by atoms with van der Waals surface area (Å²) in [7, 11) is 1.59. The molecule has 2 aromatic rings. The van der Waals surface area contributed by atoms with E-state index in [1.165, 1.54) is 0 Å². The second kappa shape index (κ2) is 8.20. The SMILES string of the molecule is COc1ccc(CNC(=O)COC(=O)C2=Cc3ccccc3OC2)cc1. The average molecular weight is 353 g/mol. The number of fused-ring (bicyclic) bond motifs is 1. The lowest BCUT2D eigenvalue weighted by atomic mass is 10.1. The monoisotopic (exact) mass is 353 g/mol. The van der Waals surface area contributed by atoms with Gasteiger partial charge in [-0.1, -0.05) is 30.3 Å². The van der Waals surface area contributed by atoms with Crippen molar-refractivity contribution in [3.05, 3.63) is 65.2 Å². The Kier molecular flexibility index (Phi) is 5.53. The predicted molar refractivity (Wildman–Crippen MR) is 95.7 cm³/mol. The normalized spacial score (nSPS) is 12.3. The molecule has 6 heteroatoms. The van der Waals surface area contributed by atoms with Gasteiger partial charge < -0.3 is 19.5 Å². The third-order valence-corrected chi connectivity index (χ3v) is 3.88. The molecule has 26 heavy (non-hydrogen) atoms. The Morgan fingerprint density at radius 1 is 1.12 bits per heavy atom. The van der Waals surface area contributed by atoms with Crippen molar-refractivity contribution < 1.29 is 23.8 Å². The number of carbonyl (C=O) groups is 2. The quantitative estimate of drug-likeness (QED) is 0.807. The Morgan fingerprint density at radius 2 is 1.88 bits per heavy atom. The van der Waals surface area contributed by atoms with E-state index < -0.39 is 5.97 Å².